The molecule has 1 aromatic carbocycles. The molecule has 0 saturated heterocycles. The second kappa shape index (κ2) is 7.47. The molecule has 0 bridgehead atoms. The molecule has 3 rings (SSSR count). The van der Waals surface area contributed by atoms with Gasteiger partial charge in [0.05, 0.1) is 11.0 Å². The van der Waals surface area contributed by atoms with Gasteiger partial charge in [-0.05, 0) is 26.0 Å². The Labute approximate surface area is 148 Å². The van der Waals surface area contributed by atoms with E-state index in [0.717, 1.165) is 0 Å². The first kappa shape index (κ1) is 17.2. The maximum absolute atomic E-state index is 12.0. The number of rotatable bonds is 6. The Bertz CT molecular complexity index is 792. The number of thioether (sulfide) groups is 1. The SMILES string of the molecule is Cc1cc(NC(=O)[C@H](C)SCC(=O)Nc2ccc3c(c2)OCO3)no1. The van der Waals surface area contributed by atoms with Gasteiger partial charge in [-0.1, -0.05) is 5.16 Å². The Kier molecular flexibility index (Phi) is 5.13. The third-order valence-electron chi connectivity index (χ3n) is 3.37. The maximum Gasteiger partial charge on any atom is 0.238 e. The molecule has 9 heteroatoms. The summed E-state index contributed by atoms with van der Waals surface area (Å²) in [5, 5.41) is 8.69. The van der Waals surface area contributed by atoms with Crippen molar-refractivity contribution in [2.45, 2.75) is 19.1 Å². The van der Waals surface area contributed by atoms with Crippen LogP contribution in [0.2, 0.25) is 0 Å². The molecule has 2 amide bonds. The quantitative estimate of drug-likeness (QED) is 0.812. The Morgan fingerprint density at radius 2 is 2.04 bits per heavy atom. The lowest BCUT2D eigenvalue weighted by atomic mass is 10.3. The Balaban J connectivity index is 1.45. The average molecular weight is 363 g/mol. The van der Waals surface area contributed by atoms with Gasteiger partial charge in [0.2, 0.25) is 18.6 Å². The molecule has 0 spiro atoms. The van der Waals surface area contributed by atoms with Gasteiger partial charge in [-0.2, -0.15) is 0 Å². The zero-order valence-corrected chi connectivity index (χ0v) is 14.5. The van der Waals surface area contributed by atoms with E-state index in [0.29, 0.717) is 28.8 Å². The summed E-state index contributed by atoms with van der Waals surface area (Å²) in [6, 6.07) is 6.80. The summed E-state index contributed by atoms with van der Waals surface area (Å²) in [6.45, 7) is 3.64. The Morgan fingerprint density at radius 1 is 1.24 bits per heavy atom. The highest BCUT2D eigenvalue weighted by Gasteiger charge is 2.18. The predicted molar refractivity (Wildman–Crippen MR) is 93.0 cm³/mol. The molecule has 2 N–H and O–H groups in total. The lowest BCUT2D eigenvalue weighted by Gasteiger charge is -2.10. The highest BCUT2D eigenvalue weighted by atomic mass is 32.2. The van der Waals surface area contributed by atoms with E-state index in [4.69, 9.17) is 14.0 Å². The van der Waals surface area contributed by atoms with Gasteiger partial charge in [0.1, 0.15) is 5.76 Å². The number of fused-ring (bicyclic) bond motifs is 1. The molecule has 0 aliphatic carbocycles. The molecule has 1 aromatic heterocycles. The standard InChI is InChI=1S/C16H17N3O5S/c1-9-5-14(19-24-9)18-16(21)10(2)25-7-15(20)17-11-3-4-12-13(6-11)23-8-22-12/h3-6,10H,7-8H2,1-2H3,(H,17,20)(H,18,19,21)/t10-/m0/s1. The molecule has 0 radical (unpaired) electrons. The molecule has 132 valence electrons. The number of benzene rings is 1. The van der Waals surface area contributed by atoms with Crippen LogP contribution in [-0.4, -0.2) is 34.8 Å². The molecule has 25 heavy (non-hydrogen) atoms. The number of aryl methyl sites for hydroxylation is 1. The van der Waals surface area contributed by atoms with Crippen LogP contribution in [0.1, 0.15) is 12.7 Å². The van der Waals surface area contributed by atoms with Crippen LogP contribution < -0.4 is 20.1 Å². The van der Waals surface area contributed by atoms with E-state index in [1.165, 1.54) is 11.8 Å². The van der Waals surface area contributed by atoms with Gasteiger partial charge in [-0.3, -0.25) is 9.59 Å². The van der Waals surface area contributed by atoms with Gasteiger partial charge in [0.25, 0.3) is 0 Å². The van der Waals surface area contributed by atoms with Crippen molar-refractivity contribution < 1.29 is 23.6 Å². The van der Waals surface area contributed by atoms with E-state index >= 15 is 0 Å². The summed E-state index contributed by atoms with van der Waals surface area (Å²) >= 11 is 1.22. The zero-order valence-electron chi connectivity index (χ0n) is 13.7. The van der Waals surface area contributed by atoms with Crippen LogP contribution in [0.15, 0.2) is 28.8 Å². The molecule has 8 nitrogen and oxygen atoms in total. The van der Waals surface area contributed by atoms with E-state index in [2.05, 4.69) is 15.8 Å². The molecule has 1 aliphatic rings. The van der Waals surface area contributed by atoms with Crippen LogP contribution in [0, 0.1) is 6.92 Å². The van der Waals surface area contributed by atoms with E-state index in [9.17, 15) is 9.59 Å². The van der Waals surface area contributed by atoms with Crippen LogP contribution in [0.5, 0.6) is 11.5 Å². The van der Waals surface area contributed by atoms with Crippen molar-refractivity contribution in [3.05, 3.63) is 30.0 Å². The molecular formula is C16H17N3O5S. The van der Waals surface area contributed by atoms with Crippen molar-refractivity contribution in [2.75, 3.05) is 23.2 Å². The fraction of sp³-hybridized carbons (Fsp3) is 0.312. The number of nitrogens with one attached hydrogen (secondary N) is 2. The molecule has 2 heterocycles. The Morgan fingerprint density at radius 3 is 2.80 bits per heavy atom. The number of nitrogens with zero attached hydrogens (tertiary/aromatic N) is 1. The second-order valence-electron chi connectivity index (χ2n) is 5.38. The number of hydrogen-bond donors (Lipinski definition) is 2. The lowest BCUT2D eigenvalue weighted by Crippen LogP contribution is -2.25. The number of ether oxygens (including phenoxy) is 2. The van der Waals surface area contributed by atoms with Crippen molar-refractivity contribution in [3.8, 4) is 11.5 Å². The van der Waals surface area contributed by atoms with Crippen LogP contribution >= 0.6 is 11.8 Å². The molecular weight excluding hydrogens is 346 g/mol. The monoisotopic (exact) mass is 363 g/mol. The molecule has 0 saturated carbocycles. The van der Waals surface area contributed by atoms with Gasteiger partial charge < -0.3 is 24.6 Å². The topological polar surface area (TPSA) is 103 Å². The minimum Gasteiger partial charge on any atom is -0.454 e. The zero-order chi connectivity index (χ0) is 17.8. The van der Waals surface area contributed by atoms with Crippen molar-refractivity contribution >= 4 is 35.1 Å². The van der Waals surface area contributed by atoms with Crippen LogP contribution in [-0.2, 0) is 9.59 Å². The number of carbonyl (C=O) groups excluding carboxylic acids is 2. The minimum absolute atomic E-state index is 0.140. The summed E-state index contributed by atoms with van der Waals surface area (Å²) < 4.78 is 15.4. The summed E-state index contributed by atoms with van der Waals surface area (Å²) in [7, 11) is 0. The first-order valence-electron chi connectivity index (χ1n) is 7.56. The molecule has 1 aliphatic heterocycles. The second-order valence-corrected chi connectivity index (χ2v) is 6.71. The van der Waals surface area contributed by atoms with E-state index < -0.39 is 5.25 Å². The van der Waals surface area contributed by atoms with Crippen molar-refractivity contribution in [1.29, 1.82) is 0 Å². The van der Waals surface area contributed by atoms with E-state index in [1.54, 1.807) is 38.1 Å². The normalized spacial score (nSPS) is 13.4. The fourth-order valence-corrected chi connectivity index (χ4v) is 2.78. The van der Waals surface area contributed by atoms with Crippen molar-refractivity contribution in [2.24, 2.45) is 0 Å². The van der Waals surface area contributed by atoms with Crippen LogP contribution in [0.25, 0.3) is 0 Å². The number of anilines is 2. The van der Waals surface area contributed by atoms with E-state index in [1.807, 2.05) is 0 Å². The smallest absolute Gasteiger partial charge is 0.238 e. The summed E-state index contributed by atoms with van der Waals surface area (Å²) in [5.41, 5.74) is 0.616. The first-order chi connectivity index (χ1) is 12.0. The number of hydrogen-bond acceptors (Lipinski definition) is 7. The third kappa shape index (κ3) is 4.44. The fourth-order valence-electron chi connectivity index (χ4n) is 2.10. The van der Waals surface area contributed by atoms with Crippen molar-refractivity contribution in [1.82, 2.24) is 5.16 Å². The highest BCUT2D eigenvalue weighted by Crippen LogP contribution is 2.34. The minimum atomic E-state index is -0.417. The van der Waals surface area contributed by atoms with Crippen LogP contribution in [0.3, 0.4) is 0 Å². The highest BCUT2D eigenvalue weighted by molar-refractivity contribution is 8.01. The summed E-state index contributed by atoms with van der Waals surface area (Å²) in [5.74, 6) is 1.91. The first-order valence-corrected chi connectivity index (χ1v) is 8.61. The summed E-state index contributed by atoms with van der Waals surface area (Å²) in [6.07, 6.45) is 0. The number of aromatic nitrogens is 1. The largest absolute Gasteiger partial charge is 0.454 e. The lowest BCUT2D eigenvalue weighted by molar-refractivity contribution is -0.115. The maximum atomic E-state index is 12.0. The number of amides is 2. The van der Waals surface area contributed by atoms with E-state index in [-0.39, 0.29) is 24.4 Å². The molecule has 2 aromatic rings. The van der Waals surface area contributed by atoms with Gasteiger partial charge >= 0.3 is 0 Å². The Hall–Kier alpha value is -2.68. The third-order valence-corrected chi connectivity index (χ3v) is 4.51. The summed E-state index contributed by atoms with van der Waals surface area (Å²) in [4.78, 5) is 24.1. The predicted octanol–water partition coefficient (Wildman–Crippen LogP) is 2.41. The van der Waals surface area contributed by atoms with Gasteiger partial charge in [0, 0.05) is 17.8 Å². The molecule has 1 atom stereocenters. The van der Waals surface area contributed by atoms with Crippen molar-refractivity contribution in [3.63, 3.8) is 0 Å². The van der Waals surface area contributed by atoms with Gasteiger partial charge in [0.15, 0.2) is 17.3 Å². The van der Waals surface area contributed by atoms with Crippen LogP contribution in [0.4, 0.5) is 11.5 Å². The molecule has 0 unspecified atom stereocenters. The van der Waals surface area contributed by atoms with Gasteiger partial charge in [-0.15, -0.1) is 11.8 Å². The number of carbonyl (C=O) groups is 2. The van der Waals surface area contributed by atoms with Gasteiger partial charge in [-0.25, -0.2) is 0 Å². The average Bonchev–Trinajstić information content (AvgIpc) is 3.20. The molecule has 0 fully saturated rings.